The van der Waals surface area contributed by atoms with Crippen molar-refractivity contribution >= 4 is 5.91 Å². The fraction of sp³-hybridized carbons (Fsp3) is 0.816. The molecule has 0 aromatic carbocycles. The van der Waals surface area contributed by atoms with Gasteiger partial charge in [0.25, 0.3) is 0 Å². The van der Waals surface area contributed by atoms with Crippen LogP contribution in [0.1, 0.15) is 239 Å². The maximum atomic E-state index is 12.4. The Morgan fingerprint density at radius 2 is 0.736 bits per heavy atom. The standard InChI is InChI=1S/C49H91NO3/c1-3-5-7-9-11-13-15-17-19-21-23-24-25-26-27-29-31-33-35-37-39-41-43-45-49(53)50-47(46-51)48(52)44-42-40-38-36-34-32-30-28-22-20-18-16-14-12-10-8-6-4-2/h22,26-28,34,36,42,44,47-48,51-52H,3-21,23-25,29-33,35,37-41,43,45-46H2,1-2H3,(H,50,53)/b27-26-,28-22+,36-34+,44-42+. The topological polar surface area (TPSA) is 69.6 Å². The molecule has 0 saturated heterocycles. The van der Waals surface area contributed by atoms with Gasteiger partial charge in [-0.2, -0.15) is 0 Å². The van der Waals surface area contributed by atoms with Crippen LogP contribution in [0.25, 0.3) is 0 Å². The zero-order valence-electron chi connectivity index (χ0n) is 35.5. The lowest BCUT2D eigenvalue weighted by Crippen LogP contribution is -2.45. The molecule has 0 radical (unpaired) electrons. The molecule has 2 atom stereocenters. The van der Waals surface area contributed by atoms with E-state index in [2.05, 4.69) is 55.6 Å². The molecule has 1 amide bonds. The van der Waals surface area contributed by atoms with Crippen LogP contribution >= 0.6 is 0 Å². The normalized spacial score (nSPS) is 13.4. The highest BCUT2D eigenvalue weighted by molar-refractivity contribution is 5.76. The van der Waals surface area contributed by atoms with Crippen molar-refractivity contribution < 1.29 is 15.0 Å². The molecular weight excluding hydrogens is 651 g/mol. The van der Waals surface area contributed by atoms with Crippen molar-refractivity contribution in [1.82, 2.24) is 5.32 Å². The summed E-state index contributed by atoms with van der Waals surface area (Å²) < 4.78 is 0. The third-order valence-electron chi connectivity index (χ3n) is 10.5. The molecule has 0 aliphatic rings. The van der Waals surface area contributed by atoms with Crippen molar-refractivity contribution in [2.45, 2.75) is 251 Å². The minimum absolute atomic E-state index is 0.0819. The zero-order chi connectivity index (χ0) is 38.6. The number of aliphatic hydroxyl groups excluding tert-OH is 2. The highest BCUT2D eigenvalue weighted by Crippen LogP contribution is 2.14. The fourth-order valence-corrected chi connectivity index (χ4v) is 6.91. The van der Waals surface area contributed by atoms with Crippen LogP contribution in [-0.4, -0.2) is 34.9 Å². The second-order valence-corrected chi connectivity index (χ2v) is 15.8. The van der Waals surface area contributed by atoms with E-state index < -0.39 is 12.1 Å². The van der Waals surface area contributed by atoms with Gasteiger partial charge in [0.15, 0.2) is 0 Å². The minimum atomic E-state index is -0.872. The smallest absolute Gasteiger partial charge is 0.220 e. The molecule has 0 heterocycles. The summed E-state index contributed by atoms with van der Waals surface area (Å²) in [6.07, 6.45) is 60.9. The van der Waals surface area contributed by atoms with E-state index >= 15 is 0 Å². The molecule has 4 nitrogen and oxygen atoms in total. The van der Waals surface area contributed by atoms with Crippen LogP contribution in [0.5, 0.6) is 0 Å². The van der Waals surface area contributed by atoms with Gasteiger partial charge in [-0.25, -0.2) is 0 Å². The molecule has 0 spiro atoms. The van der Waals surface area contributed by atoms with Crippen LogP contribution in [0, 0.1) is 0 Å². The predicted molar refractivity (Wildman–Crippen MR) is 235 cm³/mol. The Bertz CT molecular complexity index is 847. The summed E-state index contributed by atoms with van der Waals surface area (Å²) >= 11 is 0. The summed E-state index contributed by atoms with van der Waals surface area (Å²) in [4.78, 5) is 12.4. The first kappa shape index (κ1) is 51.4. The lowest BCUT2D eigenvalue weighted by Gasteiger charge is -2.19. The molecule has 0 aliphatic carbocycles. The van der Waals surface area contributed by atoms with Crippen molar-refractivity contribution in [2.75, 3.05) is 6.61 Å². The second kappa shape index (κ2) is 44.7. The van der Waals surface area contributed by atoms with E-state index in [9.17, 15) is 15.0 Å². The molecule has 0 fully saturated rings. The van der Waals surface area contributed by atoms with Gasteiger partial charge in [0.1, 0.15) is 0 Å². The number of hydrogen-bond acceptors (Lipinski definition) is 3. The van der Waals surface area contributed by atoms with Crippen molar-refractivity contribution in [3.8, 4) is 0 Å². The SMILES string of the molecule is CCCCCCCCCC/C=C/CC/C=C/CC/C=C/C(O)C(CO)NC(=O)CCCCCCCCC/C=C\CCCCCCCCCCCCCC. The fourth-order valence-electron chi connectivity index (χ4n) is 6.91. The first-order chi connectivity index (χ1) is 26.2. The van der Waals surface area contributed by atoms with E-state index in [1.807, 2.05) is 6.08 Å². The number of rotatable bonds is 42. The van der Waals surface area contributed by atoms with Crippen LogP contribution in [0.4, 0.5) is 0 Å². The Hall–Kier alpha value is -1.65. The van der Waals surface area contributed by atoms with Gasteiger partial charge >= 0.3 is 0 Å². The van der Waals surface area contributed by atoms with E-state index in [4.69, 9.17) is 0 Å². The Kier molecular flexibility index (Phi) is 43.4. The average molecular weight is 742 g/mol. The lowest BCUT2D eigenvalue weighted by molar-refractivity contribution is -0.123. The van der Waals surface area contributed by atoms with Gasteiger partial charge in [-0.3, -0.25) is 4.79 Å². The highest BCUT2D eigenvalue weighted by atomic mass is 16.3. The predicted octanol–water partition coefficient (Wildman–Crippen LogP) is 14.7. The summed E-state index contributed by atoms with van der Waals surface area (Å²) in [5.74, 6) is -0.0819. The molecule has 4 heteroatoms. The Balaban J connectivity index is 3.61. The van der Waals surface area contributed by atoms with Crippen LogP contribution < -0.4 is 5.32 Å². The van der Waals surface area contributed by atoms with Gasteiger partial charge in [0, 0.05) is 6.42 Å². The van der Waals surface area contributed by atoms with E-state index in [1.165, 1.54) is 180 Å². The maximum Gasteiger partial charge on any atom is 0.220 e. The summed E-state index contributed by atoms with van der Waals surface area (Å²) in [5.41, 5.74) is 0. The number of allylic oxidation sites excluding steroid dienone is 7. The third kappa shape index (κ3) is 41.4. The Labute approximate surface area is 331 Å². The van der Waals surface area contributed by atoms with Crippen LogP contribution in [0.15, 0.2) is 48.6 Å². The monoisotopic (exact) mass is 742 g/mol. The summed E-state index contributed by atoms with van der Waals surface area (Å²) in [5, 5.41) is 23.0. The highest BCUT2D eigenvalue weighted by Gasteiger charge is 2.17. The summed E-state index contributed by atoms with van der Waals surface area (Å²) in [7, 11) is 0. The second-order valence-electron chi connectivity index (χ2n) is 15.8. The van der Waals surface area contributed by atoms with E-state index in [0.717, 1.165) is 38.5 Å². The first-order valence-electron chi connectivity index (χ1n) is 23.4. The molecule has 53 heavy (non-hydrogen) atoms. The zero-order valence-corrected chi connectivity index (χ0v) is 35.5. The van der Waals surface area contributed by atoms with Gasteiger partial charge in [-0.1, -0.05) is 210 Å². The van der Waals surface area contributed by atoms with Crippen LogP contribution in [0.2, 0.25) is 0 Å². The molecule has 2 unspecified atom stereocenters. The average Bonchev–Trinajstić information content (AvgIpc) is 3.16. The molecular formula is C49H91NO3. The van der Waals surface area contributed by atoms with E-state index in [-0.39, 0.29) is 12.5 Å². The summed E-state index contributed by atoms with van der Waals surface area (Å²) in [6, 6.07) is -0.648. The van der Waals surface area contributed by atoms with Crippen LogP contribution in [-0.2, 0) is 4.79 Å². The van der Waals surface area contributed by atoms with Crippen molar-refractivity contribution in [1.29, 1.82) is 0 Å². The molecule has 0 aromatic heterocycles. The molecule has 310 valence electrons. The number of carbonyl (C=O) groups excluding carboxylic acids is 1. The Morgan fingerprint density at radius 3 is 1.09 bits per heavy atom. The molecule has 0 aliphatic heterocycles. The number of nitrogens with one attached hydrogen (secondary N) is 1. The molecule has 3 N–H and O–H groups in total. The number of carbonyl (C=O) groups is 1. The maximum absolute atomic E-state index is 12.4. The molecule has 0 aromatic rings. The van der Waals surface area contributed by atoms with Gasteiger partial charge in [0.05, 0.1) is 18.8 Å². The molecule has 0 saturated carbocycles. The van der Waals surface area contributed by atoms with Crippen molar-refractivity contribution in [3.63, 3.8) is 0 Å². The quantitative estimate of drug-likeness (QED) is 0.0431. The number of hydrogen-bond donors (Lipinski definition) is 3. The van der Waals surface area contributed by atoms with E-state index in [0.29, 0.717) is 6.42 Å². The van der Waals surface area contributed by atoms with Crippen molar-refractivity contribution in [3.05, 3.63) is 48.6 Å². The van der Waals surface area contributed by atoms with Crippen LogP contribution in [0.3, 0.4) is 0 Å². The first-order valence-corrected chi connectivity index (χ1v) is 23.4. The minimum Gasteiger partial charge on any atom is -0.394 e. The molecule has 0 bridgehead atoms. The summed E-state index contributed by atoms with van der Waals surface area (Å²) in [6.45, 7) is 4.30. The van der Waals surface area contributed by atoms with E-state index in [1.54, 1.807) is 6.08 Å². The number of unbranched alkanes of at least 4 members (excludes halogenated alkanes) is 29. The van der Waals surface area contributed by atoms with Gasteiger partial charge in [-0.05, 0) is 70.6 Å². The number of aliphatic hydroxyl groups is 2. The number of amides is 1. The largest absolute Gasteiger partial charge is 0.394 e. The van der Waals surface area contributed by atoms with Crippen molar-refractivity contribution in [2.24, 2.45) is 0 Å². The lowest BCUT2D eigenvalue weighted by atomic mass is 10.0. The van der Waals surface area contributed by atoms with Gasteiger partial charge < -0.3 is 15.5 Å². The van der Waals surface area contributed by atoms with Gasteiger partial charge in [-0.15, -0.1) is 0 Å². The molecule has 0 rings (SSSR count). The van der Waals surface area contributed by atoms with Gasteiger partial charge in [0.2, 0.25) is 5.91 Å². The third-order valence-corrected chi connectivity index (χ3v) is 10.5. The Morgan fingerprint density at radius 1 is 0.434 bits per heavy atom.